The fraction of sp³-hybridized carbons (Fsp3) is 0.556. The summed E-state index contributed by atoms with van der Waals surface area (Å²) in [7, 11) is 2.11. The number of rotatable bonds is 1. The molecular formula is C9H14ClN5. The van der Waals surface area contributed by atoms with Gasteiger partial charge in [-0.25, -0.2) is 4.98 Å². The highest BCUT2D eigenvalue weighted by Gasteiger charge is 2.16. The summed E-state index contributed by atoms with van der Waals surface area (Å²) in [6.45, 7) is 3.90. The molecule has 0 aliphatic carbocycles. The number of hydrogen-bond donors (Lipinski definition) is 1. The number of hydrogen-bond acceptors (Lipinski definition) is 5. The Morgan fingerprint density at radius 1 is 1.33 bits per heavy atom. The number of piperazine rings is 1. The van der Waals surface area contributed by atoms with Crippen molar-refractivity contribution >= 4 is 23.4 Å². The highest BCUT2D eigenvalue weighted by molar-refractivity contribution is 6.32. The second-order valence-electron chi connectivity index (χ2n) is 3.69. The molecular weight excluding hydrogens is 214 g/mol. The molecule has 0 amide bonds. The molecule has 2 heterocycles. The van der Waals surface area contributed by atoms with Gasteiger partial charge in [-0.05, 0) is 7.05 Å². The van der Waals surface area contributed by atoms with Crippen LogP contribution in [0.5, 0.6) is 0 Å². The number of nitrogens with zero attached hydrogens (tertiary/aromatic N) is 4. The molecule has 1 aromatic heterocycles. The second-order valence-corrected chi connectivity index (χ2v) is 4.10. The van der Waals surface area contributed by atoms with Gasteiger partial charge in [0, 0.05) is 26.2 Å². The highest BCUT2D eigenvalue weighted by atomic mass is 35.5. The minimum Gasteiger partial charge on any atom is -0.382 e. The Kier molecular flexibility index (Phi) is 2.93. The predicted octanol–water partition coefficient (Wildman–Crippen LogP) is 0.464. The van der Waals surface area contributed by atoms with Crippen molar-refractivity contribution < 1.29 is 0 Å². The maximum absolute atomic E-state index is 5.77. The topological polar surface area (TPSA) is 58.3 Å². The van der Waals surface area contributed by atoms with Gasteiger partial charge in [-0.3, -0.25) is 0 Å². The first-order valence-electron chi connectivity index (χ1n) is 4.88. The Labute approximate surface area is 93.9 Å². The lowest BCUT2D eigenvalue weighted by atomic mass is 10.3. The van der Waals surface area contributed by atoms with Crippen LogP contribution < -0.4 is 10.6 Å². The van der Waals surface area contributed by atoms with E-state index >= 15 is 0 Å². The number of nitrogen functional groups attached to an aromatic ring is 1. The van der Waals surface area contributed by atoms with Crippen LogP contribution >= 0.6 is 11.6 Å². The first-order valence-corrected chi connectivity index (χ1v) is 5.26. The Bertz CT molecular complexity index is 348. The molecule has 2 rings (SSSR count). The summed E-state index contributed by atoms with van der Waals surface area (Å²) in [4.78, 5) is 12.7. The van der Waals surface area contributed by atoms with Crippen LogP contribution in [0, 0.1) is 0 Å². The summed E-state index contributed by atoms with van der Waals surface area (Å²) in [5.41, 5.74) is 5.63. The minimum atomic E-state index is 0.348. The molecule has 0 spiro atoms. The number of likely N-dealkylation sites (N-methyl/N-ethyl adjacent to an activating group) is 1. The van der Waals surface area contributed by atoms with Crippen molar-refractivity contribution in [1.82, 2.24) is 14.9 Å². The van der Waals surface area contributed by atoms with E-state index in [2.05, 4.69) is 26.8 Å². The summed E-state index contributed by atoms with van der Waals surface area (Å²) >= 11 is 5.77. The number of aromatic nitrogens is 2. The van der Waals surface area contributed by atoms with Crippen molar-refractivity contribution in [2.45, 2.75) is 0 Å². The van der Waals surface area contributed by atoms with Crippen LogP contribution in [-0.4, -0.2) is 48.1 Å². The Morgan fingerprint density at radius 3 is 2.60 bits per heavy atom. The van der Waals surface area contributed by atoms with Crippen molar-refractivity contribution in [2.75, 3.05) is 43.9 Å². The lowest BCUT2D eigenvalue weighted by molar-refractivity contribution is 0.311. The normalized spacial score (nSPS) is 18.1. The molecule has 0 radical (unpaired) electrons. The van der Waals surface area contributed by atoms with Gasteiger partial charge < -0.3 is 15.5 Å². The number of nitrogens with two attached hydrogens (primary N) is 1. The predicted molar refractivity (Wildman–Crippen MR) is 61.2 cm³/mol. The zero-order valence-electron chi connectivity index (χ0n) is 8.65. The van der Waals surface area contributed by atoms with Crippen LogP contribution in [0.4, 0.5) is 11.8 Å². The van der Waals surface area contributed by atoms with Crippen molar-refractivity contribution in [3.05, 3.63) is 11.2 Å². The summed E-state index contributed by atoms with van der Waals surface area (Å²) in [6, 6.07) is 0. The fourth-order valence-electron chi connectivity index (χ4n) is 1.53. The van der Waals surface area contributed by atoms with E-state index in [0.717, 1.165) is 26.2 Å². The van der Waals surface area contributed by atoms with Gasteiger partial charge in [-0.1, -0.05) is 11.6 Å². The molecule has 1 aliphatic heterocycles. The minimum absolute atomic E-state index is 0.348. The molecule has 1 saturated heterocycles. The van der Waals surface area contributed by atoms with Crippen LogP contribution in [0.25, 0.3) is 0 Å². The van der Waals surface area contributed by atoms with Crippen LogP contribution in [0.15, 0.2) is 6.20 Å². The van der Waals surface area contributed by atoms with E-state index in [1.165, 1.54) is 0 Å². The Hall–Kier alpha value is -1.07. The molecule has 82 valence electrons. The summed E-state index contributed by atoms with van der Waals surface area (Å²) in [5, 5.41) is 0.410. The lowest BCUT2D eigenvalue weighted by Gasteiger charge is -2.32. The average molecular weight is 228 g/mol. The van der Waals surface area contributed by atoms with Crippen LogP contribution in [-0.2, 0) is 0 Å². The van der Waals surface area contributed by atoms with E-state index in [1.54, 1.807) is 6.20 Å². The van der Waals surface area contributed by atoms with Gasteiger partial charge in [-0.2, -0.15) is 4.98 Å². The lowest BCUT2D eigenvalue weighted by Crippen LogP contribution is -2.45. The molecule has 1 fully saturated rings. The van der Waals surface area contributed by atoms with Crippen molar-refractivity contribution in [3.8, 4) is 0 Å². The van der Waals surface area contributed by atoms with Crippen molar-refractivity contribution in [3.63, 3.8) is 0 Å². The second kappa shape index (κ2) is 4.20. The summed E-state index contributed by atoms with van der Waals surface area (Å²) in [5.74, 6) is 1.02. The van der Waals surface area contributed by atoms with Crippen molar-refractivity contribution in [1.29, 1.82) is 0 Å². The largest absolute Gasteiger partial charge is 0.382 e. The first-order chi connectivity index (χ1) is 7.16. The van der Waals surface area contributed by atoms with E-state index in [4.69, 9.17) is 17.3 Å². The highest BCUT2D eigenvalue weighted by Crippen LogP contribution is 2.18. The molecule has 0 aromatic carbocycles. The Morgan fingerprint density at radius 2 is 2.00 bits per heavy atom. The summed E-state index contributed by atoms with van der Waals surface area (Å²) < 4.78 is 0. The molecule has 15 heavy (non-hydrogen) atoms. The number of anilines is 2. The third-order valence-corrected chi connectivity index (χ3v) is 2.84. The molecule has 5 nitrogen and oxygen atoms in total. The molecule has 1 aliphatic rings. The first kappa shape index (κ1) is 10.4. The van der Waals surface area contributed by atoms with E-state index < -0.39 is 0 Å². The van der Waals surface area contributed by atoms with E-state index in [-0.39, 0.29) is 0 Å². The Balaban J connectivity index is 2.12. The monoisotopic (exact) mass is 227 g/mol. The van der Waals surface area contributed by atoms with Gasteiger partial charge in [-0.15, -0.1) is 0 Å². The number of halogens is 1. The fourth-order valence-corrected chi connectivity index (χ4v) is 1.62. The third-order valence-electron chi connectivity index (χ3n) is 2.54. The van der Waals surface area contributed by atoms with E-state index in [0.29, 0.717) is 16.8 Å². The van der Waals surface area contributed by atoms with Crippen LogP contribution in [0.3, 0.4) is 0 Å². The van der Waals surface area contributed by atoms with Gasteiger partial charge in [0.05, 0.1) is 6.20 Å². The van der Waals surface area contributed by atoms with Crippen LogP contribution in [0.2, 0.25) is 5.02 Å². The molecule has 0 atom stereocenters. The summed E-state index contributed by atoms with van der Waals surface area (Å²) in [6.07, 6.45) is 1.55. The quantitative estimate of drug-likeness (QED) is 0.756. The molecule has 2 N–H and O–H groups in total. The van der Waals surface area contributed by atoms with Gasteiger partial charge in [0.15, 0.2) is 0 Å². The molecule has 0 unspecified atom stereocenters. The average Bonchev–Trinajstić information content (AvgIpc) is 2.23. The third kappa shape index (κ3) is 2.30. The van der Waals surface area contributed by atoms with Crippen LogP contribution in [0.1, 0.15) is 0 Å². The van der Waals surface area contributed by atoms with Gasteiger partial charge in [0.1, 0.15) is 10.8 Å². The molecule has 0 saturated carbocycles. The SMILES string of the molecule is CN1CCN(c2ncc(Cl)c(N)n2)CC1. The maximum atomic E-state index is 5.77. The standard InChI is InChI=1S/C9H14ClN5/c1-14-2-4-15(5-3-14)9-12-6-7(10)8(11)13-9/h6H,2-5H2,1H3,(H2,11,12,13). The van der Waals surface area contributed by atoms with Gasteiger partial charge in [0.25, 0.3) is 0 Å². The molecule has 6 heteroatoms. The smallest absolute Gasteiger partial charge is 0.227 e. The van der Waals surface area contributed by atoms with Gasteiger partial charge >= 0.3 is 0 Å². The zero-order valence-corrected chi connectivity index (χ0v) is 9.41. The zero-order chi connectivity index (χ0) is 10.8. The molecule has 1 aromatic rings. The maximum Gasteiger partial charge on any atom is 0.227 e. The van der Waals surface area contributed by atoms with Crippen molar-refractivity contribution in [2.24, 2.45) is 0 Å². The van der Waals surface area contributed by atoms with Gasteiger partial charge in [0.2, 0.25) is 5.95 Å². The van der Waals surface area contributed by atoms with E-state index in [1.807, 2.05) is 0 Å². The van der Waals surface area contributed by atoms with E-state index in [9.17, 15) is 0 Å². The molecule has 0 bridgehead atoms.